The molecule has 0 amide bonds. The summed E-state index contributed by atoms with van der Waals surface area (Å²) in [7, 11) is 0. The van der Waals surface area contributed by atoms with Gasteiger partial charge in [-0.25, -0.2) is 4.39 Å². The van der Waals surface area contributed by atoms with E-state index in [0.717, 1.165) is 18.3 Å². The fourth-order valence-corrected chi connectivity index (χ4v) is 1.41. The van der Waals surface area contributed by atoms with E-state index in [1.807, 2.05) is 0 Å². The maximum atomic E-state index is 12.8. The summed E-state index contributed by atoms with van der Waals surface area (Å²) in [5, 5.41) is 1.67. The van der Waals surface area contributed by atoms with Crippen molar-refractivity contribution < 1.29 is 14.0 Å². The smallest absolute Gasteiger partial charge is 0.221 e. The van der Waals surface area contributed by atoms with Crippen LogP contribution in [0.4, 0.5) is 4.39 Å². The van der Waals surface area contributed by atoms with Gasteiger partial charge in [0.25, 0.3) is 0 Å². The molecule has 12 heavy (non-hydrogen) atoms. The van der Waals surface area contributed by atoms with Gasteiger partial charge in [0.15, 0.2) is 5.78 Å². The molecule has 0 aliphatic heterocycles. The van der Waals surface area contributed by atoms with Crippen molar-refractivity contribution in [3.63, 3.8) is 0 Å². The highest BCUT2D eigenvalue weighted by atomic mass is 32.1. The highest BCUT2D eigenvalue weighted by Gasteiger charge is 2.23. The van der Waals surface area contributed by atoms with Gasteiger partial charge in [0.1, 0.15) is 0 Å². The van der Waals surface area contributed by atoms with E-state index in [0.29, 0.717) is 0 Å². The van der Waals surface area contributed by atoms with Crippen LogP contribution in [0.1, 0.15) is 16.6 Å². The first-order valence-electron chi connectivity index (χ1n) is 3.35. The predicted molar refractivity (Wildman–Crippen MR) is 44.2 cm³/mol. The average molecular weight is 186 g/mol. The first kappa shape index (κ1) is 9.06. The van der Waals surface area contributed by atoms with Crippen molar-refractivity contribution in [3.05, 3.63) is 22.4 Å². The highest BCUT2D eigenvalue weighted by Crippen LogP contribution is 2.13. The molecule has 1 aromatic rings. The largest absolute Gasteiger partial charge is 0.296 e. The Labute approximate surface area is 73.0 Å². The van der Waals surface area contributed by atoms with Gasteiger partial charge in [-0.2, -0.15) is 0 Å². The minimum Gasteiger partial charge on any atom is -0.296 e. The molecule has 1 atom stereocenters. The van der Waals surface area contributed by atoms with Crippen molar-refractivity contribution in [1.82, 2.24) is 0 Å². The second-order valence-electron chi connectivity index (χ2n) is 2.31. The summed E-state index contributed by atoms with van der Waals surface area (Å²) in [4.78, 5) is 21.8. The molecule has 1 rings (SSSR count). The molecule has 1 unspecified atom stereocenters. The molecule has 1 aromatic heterocycles. The van der Waals surface area contributed by atoms with Gasteiger partial charge < -0.3 is 0 Å². The molecule has 64 valence electrons. The standard InChI is InChI=1S/C8H7FO2S/c1-5(10)7(9)8(11)6-3-2-4-12-6/h2-4,7H,1H3. The summed E-state index contributed by atoms with van der Waals surface area (Å²) >= 11 is 1.14. The number of alkyl halides is 1. The van der Waals surface area contributed by atoms with E-state index in [9.17, 15) is 14.0 Å². The Kier molecular flexibility index (Phi) is 2.70. The monoisotopic (exact) mass is 186 g/mol. The van der Waals surface area contributed by atoms with Crippen LogP contribution in [-0.2, 0) is 4.79 Å². The SMILES string of the molecule is CC(=O)C(F)C(=O)c1cccs1. The number of halogens is 1. The van der Waals surface area contributed by atoms with E-state index in [4.69, 9.17) is 0 Å². The number of hydrogen-bond acceptors (Lipinski definition) is 3. The number of thiophene rings is 1. The van der Waals surface area contributed by atoms with E-state index >= 15 is 0 Å². The molecular weight excluding hydrogens is 179 g/mol. The molecule has 0 saturated carbocycles. The van der Waals surface area contributed by atoms with Crippen LogP contribution in [0.25, 0.3) is 0 Å². The van der Waals surface area contributed by atoms with Crippen molar-refractivity contribution >= 4 is 22.9 Å². The van der Waals surface area contributed by atoms with E-state index in [1.165, 1.54) is 6.07 Å². The fourth-order valence-electron chi connectivity index (χ4n) is 0.728. The van der Waals surface area contributed by atoms with Crippen LogP contribution in [0.5, 0.6) is 0 Å². The summed E-state index contributed by atoms with van der Waals surface area (Å²) in [6.45, 7) is 1.07. The molecule has 0 aromatic carbocycles. The Morgan fingerprint density at radius 3 is 2.67 bits per heavy atom. The molecule has 1 heterocycles. The molecule has 0 saturated heterocycles. The fraction of sp³-hybridized carbons (Fsp3) is 0.250. The number of carbonyl (C=O) groups is 2. The summed E-state index contributed by atoms with van der Waals surface area (Å²) in [6, 6.07) is 3.15. The summed E-state index contributed by atoms with van der Waals surface area (Å²) in [6.07, 6.45) is -2.00. The second-order valence-corrected chi connectivity index (χ2v) is 3.26. The van der Waals surface area contributed by atoms with Gasteiger partial charge in [-0.15, -0.1) is 11.3 Å². The maximum Gasteiger partial charge on any atom is 0.221 e. The van der Waals surface area contributed by atoms with Crippen LogP contribution in [0, 0.1) is 0 Å². The van der Waals surface area contributed by atoms with E-state index in [-0.39, 0.29) is 4.88 Å². The predicted octanol–water partition coefficient (Wildman–Crippen LogP) is 1.86. The molecule has 2 nitrogen and oxygen atoms in total. The minimum atomic E-state index is -2.00. The van der Waals surface area contributed by atoms with Crippen LogP contribution in [0.15, 0.2) is 17.5 Å². The van der Waals surface area contributed by atoms with E-state index < -0.39 is 17.7 Å². The zero-order valence-electron chi connectivity index (χ0n) is 6.41. The van der Waals surface area contributed by atoms with Gasteiger partial charge in [0.2, 0.25) is 12.0 Å². The molecular formula is C8H7FO2S. The van der Waals surface area contributed by atoms with E-state index in [1.54, 1.807) is 11.4 Å². The first-order chi connectivity index (χ1) is 5.63. The third-order valence-electron chi connectivity index (χ3n) is 1.35. The third-order valence-corrected chi connectivity index (χ3v) is 2.24. The zero-order valence-corrected chi connectivity index (χ0v) is 7.23. The molecule has 0 radical (unpaired) electrons. The lowest BCUT2D eigenvalue weighted by Crippen LogP contribution is -2.22. The van der Waals surface area contributed by atoms with Crippen molar-refractivity contribution in [2.45, 2.75) is 13.1 Å². The Balaban J connectivity index is 2.79. The zero-order chi connectivity index (χ0) is 9.14. The van der Waals surface area contributed by atoms with Crippen molar-refractivity contribution in [2.24, 2.45) is 0 Å². The molecule has 0 fully saturated rings. The van der Waals surface area contributed by atoms with Crippen molar-refractivity contribution in [2.75, 3.05) is 0 Å². The highest BCUT2D eigenvalue weighted by molar-refractivity contribution is 7.12. The van der Waals surface area contributed by atoms with Gasteiger partial charge in [-0.3, -0.25) is 9.59 Å². The second kappa shape index (κ2) is 3.58. The lowest BCUT2D eigenvalue weighted by Gasteiger charge is -1.99. The molecule has 4 heteroatoms. The number of Topliss-reactive ketones (excluding diaryl/α,β-unsaturated/α-hetero) is 2. The quantitative estimate of drug-likeness (QED) is 0.533. The Hall–Kier alpha value is -1.03. The Bertz CT molecular complexity index is 292. The average Bonchev–Trinajstić information content (AvgIpc) is 2.53. The normalized spacial score (nSPS) is 12.5. The molecule has 0 bridgehead atoms. The van der Waals surface area contributed by atoms with Gasteiger partial charge in [-0.05, 0) is 18.4 Å². The Morgan fingerprint density at radius 1 is 1.58 bits per heavy atom. The van der Waals surface area contributed by atoms with Crippen molar-refractivity contribution in [1.29, 1.82) is 0 Å². The van der Waals surface area contributed by atoms with Crippen LogP contribution in [0.3, 0.4) is 0 Å². The lowest BCUT2D eigenvalue weighted by molar-refractivity contribution is -0.120. The van der Waals surface area contributed by atoms with Gasteiger partial charge >= 0.3 is 0 Å². The van der Waals surface area contributed by atoms with Crippen LogP contribution in [-0.4, -0.2) is 17.7 Å². The summed E-state index contributed by atoms with van der Waals surface area (Å²) in [5.41, 5.74) is 0. The van der Waals surface area contributed by atoms with Crippen LogP contribution < -0.4 is 0 Å². The van der Waals surface area contributed by atoms with Crippen LogP contribution >= 0.6 is 11.3 Å². The first-order valence-corrected chi connectivity index (χ1v) is 4.23. The third kappa shape index (κ3) is 1.76. The maximum absolute atomic E-state index is 12.8. The van der Waals surface area contributed by atoms with E-state index in [2.05, 4.69) is 0 Å². The molecule has 0 spiro atoms. The number of hydrogen-bond donors (Lipinski definition) is 0. The van der Waals surface area contributed by atoms with Gasteiger partial charge in [0, 0.05) is 0 Å². The van der Waals surface area contributed by atoms with Crippen molar-refractivity contribution in [3.8, 4) is 0 Å². The van der Waals surface area contributed by atoms with Gasteiger partial charge in [-0.1, -0.05) is 6.07 Å². The number of ketones is 2. The minimum absolute atomic E-state index is 0.290. The lowest BCUT2D eigenvalue weighted by atomic mass is 10.1. The summed E-state index contributed by atoms with van der Waals surface area (Å²) < 4.78 is 12.8. The molecule has 0 aliphatic rings. The number of rotatable bonds is 3. The van der Waals surface area contributed by atoms with Crippen LogP contribution in [0.2, 0.25) is 0 Å². The Morgan fingerprint density at radius 2 is 2.25 bits per heavy atom. The van der Waals surface area contributed by atoms with Gasteiger partial charge in [0.05, 0.1) is 4.88 Å². The number of carbonyl (C=O) groups excluding carboxylic acids is 2. The summed E-state index contributed by atoms with van der Waals surface area (Å²) in [5.74, 6) is -1.48. The topological polar surface area (TPSA) is 34.1 Å². The molecule has 0 aliphatic carbocycles. The molecule has 0 N–H and O–H groups in total.